The second-order valence-corrected chi connectivity index (χ2v) is 7.54. The predicted molar refractivity (Wildman–Crippen MR) is 90.1 cm³/mol. The van der Waals surface area contributed by atoms with Gasteiger partial charge in [0, 0.05) is 30.6 Å². The first-order valence-corrected chi connectivity index (χ1v) is 8.68. The van der Waals surface area contributed by atoms with Crippen molar-refractivity contribution < 1.29 is 14.0 Å². The molecule has 1 saturated carbocycles. The molecule has 1 heterocycles. The van der Waals surface area contributed by atoms with Crippen LogP contribution in [0.5, 0.6) is 0 Å². The number of carbonyl (C=O) groups is 2. The second kappa shape index (κ2) is 6.19. The third-order valence-electron chi connectivity index (χ3n) is 5.50. The Kier molecular flexibility index (Phi) is 4.37. The first-order valence-electron chi connectivity index (χ1n) is 8.68. The molecule has 2 aliphatic rings. The molecule has 1 N–H and O–H groups in total. The van der Waals surface area contributed by atoms with Gasteiger partial charge in [-0.1, -0.05) is 19.9 Å². The Morgan fingerprint density at radius 2 is 1.96 bits per heavy atom. The van der Waals surface area contributed by atoms with E-state index in [0.717, 1.165) is 19.3 Å². The zero-order valence-corrected chi connectivity index (χ0v) is 14.6. The van der Waals surface area contributed by atoms with Crippen molar-refractivity contribution in [2.24, 2.45) is 11.3 Å². The van der Waals surface area contributed by atoms with Crippen molar-refractivity contribution in [1.29, 1.82) is 0 Å². The Hall–Kier alpha value is -1.91. The van der Waals surface area contributed by atoms with Crippen molar-refractivity contribution in [3.8, 4) is 0 Å². The van der Waals surface area contributed by atoms with E-state index in [0.29, 0.717) is 24.2 Å². The first-order chi connectivity index (χ1) is 11.3. The molecule has 0 aromatic heterocycles. The van der Waals surface area contributed by atoms with Crippen LogP contribution in [0.1, 0.15) is 49.0 Å². The molecule has 2 fully saturated rings. The standard InChI is InChI=1S/C19H25FN2O2/c1-12(2)17(23)21-16-11-19(16)6-8-22(9-7-19)18(24)14-5-4-13(3)15(20)10-14/h4-5,10,12,16H,6-9,11H2,1-3H3,(H,21,23). The van der Waals surface area contributed by atoms with Crippen molar-refractivity contribution in [2.45, 2.75) is 46.1 Å². The largest absolute Gasteiger partial charge is 0.353 e. The number of nitrogens with zero attached hydrogens (tertiary/aromatic N) is 1. The number of halogens is 1. The number of benzene rings is 1. The zero-order chi connectivity index (χ0) is 17.5. The number of hydrogen-bond donors (Lipinski definition) is 1. The summed E-state index contributed by atoms with van der Waals surface area (Å²) in [6.45, 7) is 6.82. The Morgan fingerprint density at radius 1 is 1.29 bits per heavy atom. The highest BCUT2D eigenvalue weighted by molar-refractivity contribution is 5.94. The van der Waals surface area contributed by atoms with Gasteiger partial charge in [-0.25, -0.2) is 4.39 Å². The highest BCUT2D eigenvalue weighted by Gasteiger charge is 2.55. The molecular formula is C19H25FN2O2. The minimum absolute atomic E-state index is 0.000695. The van der Waals surface area contributed by atoms with E-state index in [1.807, 2.05) is 13.8 Å². The molecule has 1 spiro atoms. The summed E-state index contributed by atoms with van der Waals surface area (Å²) in [6, 6.07) is 4.91. The first kappa shape index (κ1) is 16.9. The van der Waals surface area contributed by atoms with Crippen molar-refractivity contribution in [2.75, 3.05) is 13.1 Å². The number of likely N-dealkylation sites (tertiary alicyclic amines) is 1. The summed E-state index contributed by atoms with van der Waals surface area (Å²) in [5.41, 5.74) is 1.13. The number of carbonyl (C=O) groups excluding carboxylic acids is 2. The van der Waals surface area contributed by atoms with Gasteiger partial charge < -0.3 is 10.2 Å². The number of nitrogens with one attached hydrogen (secondary N) is 1. The number of hydrogen-bond acceptors (Lipinski definition) is 2. The van der Waals surface area contributed by atoms with E-state index in [1.165, 1.54) is 6.07 Å². The molecule has 1 aliphatic carbocycles. The molecule has 24 heavy (non-hydrogen) atoms. The Morgan fingerprint density at radius 3 is 2.54 bits per heavy atom. The lowest BCUT2D eigenvalue weighted by Gasteiger charge is -2.33. The van der Waals surface area contributed by atoms with Gasteiger partial charge in [-0.15, -0.1) is 0 Å². The molecule has 1 aromatic rings. The van der Waals surface area contributed by atoms with E-state index in [1.54, 1.807) is 24.0 Å². The minimum Gasteiger partial charge on any atom is -0.353 e. The Balaban J connectivity index is 1.57. The van der Waals surface area contributed by atoms with Gasteiger partial charge >= 0.3 is 0 Å². The van der Waals surface area contributed by atoms with Gasteiger partial charge in [-0.2, -0.15) is 0 Å². The van der Waals surface area contributed by atoms with Crippen LogP contribution in [0.2, 0.25) is 0 Å². The van der Waals surface area contributed by atoms with Crippen LogP contribution in [0.15, 0.2) is 18.2 Å². The third kappa shape index (κ3) is 3.17. The highest BCUT2D eigenvalue weighted by Crippen LogP contribution is 2.54. The molecule has 5 heteroatoms. The molecule has 3 rings (SSSR count). The van der Waals surface area contributed by atoms with Gasteiger partial charge in [-0.3, -0.25) is 9.59 Å². The fourth-order valence-electron chi connectivity index (χ4n) is 3.51. The molecule has 2 amide bonds. The summed E-state index contributed by atoms with van der Waals surface area (Å²) in [5, 5.41) is 3.11. The summed E-state index contributed by atoms with van der Waals surface area (Å²) in [5.74, 6) is -0.341. The van der Waals surface area contributed by atoms with E-state index in [2.05, 4.69) is 5.32 Å². The normalized spacial score (nSPS) is 21.9. The molecule has 1 aliphatic heterocycles. The highest BCUT2D eigenvalue weighted by atomic mass is 19.1. The quantitative estimate of drug-likeness (QED) is 0.925. The van der Waals surface area contributed by atoms with Crippen LogP contribution >= 0.6 is 0 Å². The number of aryl methyl sites for hydroxylation is 1. The van der Waals surface area contributed by atoms with Crippen LogP contribution in [-0.2, 0) is 4.79 Å². The number of piperidine rings is 1. The van der Waals surface area contributed by atoms with Gasteiger partial charge in [0.2, 0.25) is 5.91 Å². The predicted octanol–water partition coefficient (Wildman–Crippen LogP) is 2.90. The lowest BCUT2D eigenvalue weighted by atomic mass is 9.92. The smallest absolute Gasteiger partial charge is 0.253 e. The second-order valence-electron chi connectivity index (χ2n) is 7.54. The van der Waals surface area contributed by atoms with Gasteiger partial charge in [0.05, 0.1) is 0 Å². The van der Waals surface area contributed by atoms with E-state index < -0.39 is 0 Å². The van der Waals surface area contributed by atoms with Crippen LogP contribution in [0.25, 0.3) is 0 Å². The van der Waals surface area contributed by atoms with E-state index in [9.17, 15) is 14.0 Å². The Bertz CT molecular complexity index is 663. The van der Waals surface area contributed by atoms with Crippen LogP contribution in [0, 0.1) is 24.1 Å². The number of amides is 2. The van der Waals surface area contributed by atoms with Gasteiger partial charge in [-0.05, 0) is 49.3 Å². The molecule has 0 radical (unpaired) electrons. The molecular weight excluding hydrogens is 307 g/mol. The molecule has 0 bridgehead atoms. The lowest BCUT2D eigenvalue weighted by Crippen LogP contribution is -2.42. The van der Waals surface area contributed by atoms with Gasteiger partial charge in [0.15, 0.2) is 0 Å². The summed E-state index contributed by atoms with van der Waals surface area (Å²) in [4.78, 5) is 26.2. The minimum atomic E-state index is -0.340. The summed E-state index contributed by atoms with van der Waals surface area (Å²) in [7, 11) is 0. The van der Waals surface area contributed by atoms with Crippen molar-refractivity contribution in [3.05, 3.63) is 35.1 Å². The average molecular weight is 332 g/mol. The average Bonchev–Trinajstić information content (AvgIpc) is 3.21. The SMILES string of the molecule is Cc1ccc(C(=O)N2CCC3(CC2)CC3NC(=O)C(C)C)cc1F. The van der Waals surface area contributed by atoms with Crippen molar-refractivity contribution >= 4 is 11.8 Å². The van der Waals surface area contributed by atoms with Crippen LogP contribution < -0.4 is 5.32 Å². The van der Waals surface area contributed by atoms with Crippen LogP contribution in [0.3, 0.4) is 0 Å². The van der Waals surface area contributed by atoms with Crippen molar-refractivity contribution in [1.82, 2.24) is 10.2 Å². The van der Waals surface area contributed by atoms with Crippen LogP contribution in [0.4, 0.5) is 4.39 Å². The fraction of sp³-hybridized carbons (Fsp3) is 0.579. The van der Waals surface area contributed by atoms with E-state index >= 15 is 0 Å². The third-order valence-corrected chi connectivity index (χ3v) is 5.50. The number of rotatable bonds is 3. The lowest BCUT2D eigenvalue weighted by molar-refractivity contribution is -0.124. The monoisotopic (exact) mass is 332 g/mol. The molecule has 1 saturated heterocycles. The Labute approximate surface area is 142 Å². The maximum absolute atomic E-state index is 13.7. The maximum atomic E-state index is 13.7. The summed E-state index contributed by atoms with van der Waals surface area (Å²) >= 11 is 0. The van der Waals surface area contributed by atoms with Crippen LogP contribution in [-0.4, -0.2) is 35.8 Å². The van der Waals surface area contributed by atoms with Gasteiger partial charge in [0.1, 0.15) is 5.82 Å². The van der Waals surface area contributed by atoms with Gasteiger partial charge in [0.25, 0.3) is 5.91 Å². The topological polar surface area (TPSA) is 49.4 Å². The molecule has 1 unspecified atom stereocenters. The van der Waals surface area contributed by atoms with Crippen molar-refractivity contribution in [3.63, 3.8) is 0 Å². The summed E-state index contributed by atoms with van der Waals surface area (Å²) in [6.07, 6.45) is 2.80. The molecule has 4 nitrogen and oxygen atoms in total. The maximum Gasteiger partial charge on any atom is 0.253 e. The zero-order valence-electron chi connectivity index (χ0n) is 14.6. The fourth-order valence-corrected chi connectivity index (χ4v) is 3.51. The molecule has 130 valence electrons. The summed E-state index contributed by atoms with van der Waals surface area (Å²) < 4.78 is 13.7. The molecule has 1 atom stereocenters. The van der Waals surface area contributed by atoms with E-state index in [-0.39, 0.29) is 35.0 Å². The molecule has 1 aromatic carbocycles. The van der Waals surface area contributed by atoms with E-state index in [4.69, 9.17) is 0 Å².